The van der Waals surface area contributed by atoms with Crippen LogP contribution in [0.4, 0.5) is 0 Å². The fourth-order valence-electron chi connectivity index (χ4n) is 3.39. The van der Waals surface area contributed by atoms with Crippen LogP contribution in [0.2, 0.25) is 5.02 Å². The van der Waals surface area contributed by atoms with Crippen molar-refractivity contribution in [3.05, 3.63) is 74.9 Å². The molecule has 1 aromatic heterocycles. The molecule has 142 valence electrons. The van der Waals surface area contributed by atoms with Crippen LogP contribution < -0.4 is 10.1 Å². The second kappa shape index (κ2) is 7.78. The van der Waals surface area contributed by atoms with E-state index in [4.69, 9.17) is 16.3 Å². The Kier molecular flexibility index (Phi) is 5.20. The van der Waals surface area contributed by atoms with Crippen molar-refractivity contribution in [2.45, 2.75) is 19.4 Å². The molecule has 3 aromatic rings. The Bertz CT molecular complexity index is 1060. The molecule has 1 aliphatic heterocycles. The topological polar surface area (TPSA) is 55.4 Å². The molecule has 28 heavy (non-hydrogen) atoms. The average Bonchev–Trinajstić information content (AvgIpc) is 3.31. The van der Waals surface area contributed by atoms with Crippen molar-refractivity contribution in [3.8, 4) is 16.9 Å². The maximum atomic E-state index is 12.2. The molecule has 1 aliphatic rings. The molecule has 1 atom stereocenters. The first-order valence-electron chi connectivity index (χ1n) is 8.94. The zero-order valence-electron chi connectivity index (χ0n) is 15.2. The predicted octanol–water partition coefficient (Wildman–Crippen LogP) is 5.00. The minimum Gasteiger partial charge on any atom is -0.488 e. The molecule has 2 heterocycles. The molecule has 4 nitrogen and oxygen atoms in total. The summed E-state index contributed by atoms with van der Waals surface area (Å²) in [5, 5.41) is 5.15. The maximum absolute atomic E-state index is 12.2. The SMILES string of the molecule is CC(=O)c1ccccc1-c1ccc2c(c1)CC(CNC(=O)c1sccc1Cl)O2. The smallest absolute Gasteiger partial charge is 0.263 e. The number of nitrogens with one attached hydrogen (secondary N) is 1. The Hall–Kier alpha value is -2.63. The van der Waals surface area contributed by atoms with E-state index in [2.05, 4.69) is 11.4 Å². The lowest BCUT2D eigenvalue weighted by molar-refractivity contribution is 0.0937. The normalized spacial score (nSPS) is 15.0. The van der Waals surface area contributed by atoms with Gasteiger partial charge in [-0.05, 0) is 47.2 Å². The molecule has 0 spiro atoms. The zero-order valence-corrected chi connectivity index (χ0v) is 16.8. The van der Waals surface area contributed by atoms with Gasteiger partial charge in [0.1, 0.15) is 16.7 Å². The number of carbonyl (C=O) groups excluding carboxylic acids is 2. The molecule has 4 rings (SSSR count). The van der Waals surface area contributed by atoms with E-state index in [1.54, 1.807) is 18.4 Å². The van der Waals surface area contributed by atoms with Crippen molar-refractivity contribution in [1.82, 2.24) is 5.32 Å². The number of Topliss-reactive ketones (excluding diaryl/α,β-unsaturated/α-hetero) is 1. The quantitative estimate of drug-likeness (QED) is 0.601. The minimum atomic E-state index is -0.185. The Labute approximate surface area is 172 Å². The molecule has 1 amide bonds. The van der Waals surface area contributed by atoms with Crippen molar-refractivity contribution in [1.29, 1.82) is 0 Å². The number of thiophene rings is 1. The van der Waals surface area contributed by atoms with Crippen LogP contribution in [-0.2, 0) is 6.42 Å². The van der Waals surface area contributed by atoms with Crippen LogP contribution in [0.5, 0.6) is 5.75 Å². The summed E-state index contributed by atoms with van der Waals surface area (Å²) in [6.07, 6.45) is 0.570. The van der Waals surface area contributed by atoms with E-state index in [0.29, 0.717) is 28.4 Å². The summed E-state index contributed by atoms with van der Waals surface area (Å²) in [5.41, 5.74) is 3.69. The van der Waals surface area contributed by atoms with Crippen LogP contribution in [0.15, 0.2) is 53.9 Å². The zero-order chi connectivity index (χ0) is 19.7. The van der Waals surface area contributed by atoms with Crippen molar-refractivity contribution >= 4 is 34.6 Å². The van der Waals surface area contributed by atoms with E-state index in [-0.39, 0.29) is 17.8 Å². The lowest BCUT2D eigenvalue weighted by atomic mass is 9.95. The highest BCUT2D eigenvalue weighted by atomic mass is 35.5. The Morgan fingerprint density at radius 3 is 2.79 bits per heavy atom. The number of ether oxygens (including phenoxy) is 1. The first kappa shape index (κ1) is 18.7. The predicted molar refractivity (Wildman–Crippen MR) is 112 cm³/mol. The number of hydrogen-bond acceptors (Lipinski definition) is 4. The second-order valence-electron chi connectivity index (χ2n) is 6.68. The van der Waals surface area contributed by atoms with Gasteiger partial charge in [-0.2, -0.15) is 0 Å². The fraction of sp³-hybridized carbons (Fsp3) is 0.182. The first-order chi connectivity index (χ1) is 13.5. The number of rotatable bonds is 5. The van der Waals surface area contributed by atoms with Crippen molar-refractivity contribution in [2.75, 3.05) is 6.54 Å². The van der Waals surface area contributed by atoms with E-state index in [9.17, 15) is 9.59 Å². The number of fused-ring (bicyclic) bond motifs is 1. The lowest BCUT2D eigenvalue weighted by Crippen LogP contribution is -2.34. The van der Waals surface area contributed by atoms with E-state index in [1.807, 2.05) is 36.4 Å². The molecular weight excluding hydrogens is 394 g/mol. The van der Waals surface area contributed by atoms with Crippen LogP contribution in [0.1, 0.15) is 32.5 Å². The fourth-order valence-corrected chi connectivity index (χ4v) is 4.44. The van der Waals surface area contributed by atoms with Gasteiger partial charge in [-0.15, -0.1) is 11.3 Å². The molecule has 2 aromatic carbocycles. The number of amides is 1. The number of carbonyl (C=O) groups is 2. The molecule has 0 aliphatic carbocycles. The van der Waals surface area contributed by atoms with Crippen molar-refractivity contribution in [2.24, 2.45) is 0 Å². The highest BCUT2D eigenvalue weighted by molar-refractivity contribution is 7.12. The van der Waals surface area contributed by atoms with Crippen LogP contribution in [0, 0.1) is 0 Å². The third-order valence-corrected chi connectivity index (χ3v) is 6.07. The van der Waals surface area contributed by atoms with Crippen LogP contribution in [0.3, 0.4) is 0 Å². The van der Waals surface area contributed by atoms with E-state index < -0.39 is 0 Å². The molecule has 1 N–H and O–H groups in total. The third-order valence-electron chi connectivity index (χ3n) is 4.73. The van der Waals surface area contributed by atoms with Gasteiger partial charge in [-0.3, -0.25) is 9.59 Å². The average molecular weight is 412 g/mol. The number of halogens is 1. The van der Waals surface area contributed by atoms with Gasteiger partial charge in [0, 0.05) is 12.0 Å². The molecule has 0 bridgehead atoms. The molecular formula is C22H18ClNO3S. The van der Waals surface area contributed by atoms with Gasteiger partial charge in [-0.25, -0.2) is 0 Å². The molecule has 0 saturated heterocycles. The molecule has 0 saturated carbocycles. The molecule has 1 unspecified atom stereocenters. The second-order valence-corrected chi connectivity index (χ2v) is 8.00. The van der Waals surface area contributed by atoms with Gasteiger partial charge < -0.3 is 10.1 Å². The summed E-state index contributed by atoms with van der Waals surface area (Å²) in [6.45, 7) is 1.98. The van der Waals surface area contributed by atoms with Crippen LogP contribution in [0.25, 0.3) is 11.1 Å². The van der Waals surface area contributed by atoms with E-state index in [0.717, 1.165) is 22.4 Å². The number of ketones is 1. The summed E-state index contributed by atoms with van der Waals surface area (Å²) in [6, 6.07) is 15.3. The van der Waals surface area contributed by atoms with Gasteiger partial charge in [0.2, 0.25) is 0 Å². The summed E-state index contributed by atoms with van der Waals surface area (Å²) in [4.78, 5) is 24.7. The number of benzene rings is 2. The maximum Gasteiger partial charge on any atom is 0.263 e. The van der Waals surface area contributed by atoms with Gasteiger partial charge in [0.15, 0.2) is 5.78 Å². The highest BCUT2D eigenvalue weighted by Gasteiger charge is 2.25. The molecule has 6 heteroatoms. The Morgan fingerprint density at radius 2 is 2.04 bits per heavy atom. The third kappa shape index (κ3) is 3.68. The summed E-state index contributed by atoms with van der Waals surface area (Å²) >= 11 is 7.33. The molecule has 0 radical (unpaired) electrons. The van der Waals surface area contributed by atoms with E-state index in [1.165, 1.54) is 11.3 Å². The van der Waals surface area contributed by atoms with Gasteiger partial charge >= 0.3 is 0 Å². The standard InChI is InChI=1S/C22H18ClNO3S/c1-13(25)17-4-2-3-5-18(17)14-6-7-20-15(10-14)11-16(27-20)12-24-22(26)21-19(23)8-9-28-21/h2-10,16H,11-12H2,1H3,(H,24,26). The minimum absolute atomic E-state index is 0.0418. The van der Waals surface area contributed by atoms with Gasteiger partial charge in [-0.1, -0.05) is 41.9 Å². The van der Waals surface area contributed by atoms with Crippen LogP contribution >= 0.6 is 22.9 Å². The Morgan fingerprint density at radius 1 is 1.21 bits per heavy atom. The lowest BCUT2D eigenvalue weighted by Gasteiger charge is -2.11. The Balaban J connectivity index is 1.47. The summed E-state index contributed by atoms with van der Waals surface area (Å²) in [7, 11) is 0. The highest BCUT2D eigenvalue weighted by Crippen LogP contribution is 2.34. The first-order valence-corrected chi connectivity index (χ1v) is 10.2. The van der Waals surface area contributed by atoms with Crippen molar-refractivity contribution in [3.63, 3.8) is 0 Å². The molecule has 0 fully saturated rings. The van der Waals surface area contributed by atoms with Gasteiger partial charge in [0.05, 0.1) is 11.6 Å². The van der Waals surface area contributed by atoms with Crippen molar-refractivity contribution < 1.29 is 14.3 Å². The number of hydrogen-bond donors (Lipinski definition) is 1. The van der Waals surface area contributed by atoms with E-state index >= 15 is 0 Å². The largest absolute Gasteiger partial charge is 0.488 e. The van der Waals surface area contributed by atoms with Crippen LogP contribution in [-0.4, -0.2) is 24.3 Å². The summed E-state index contributed by atoms with van der Waals surface area (Å²) < 4.78 is 5.96. The monoisotopic (exact) mass is 411 g/mol. The summed E-state index contributed by atoms with van der Waals surface area (Å²) in [5.74, 6) is 0.674. The van der Waals surface area contributed by atoms with Gasteiger partial charge in [0.25, 0.3) is 5.91 Å².